The molecule has 0 bridgehead atoms. The van der Waals surface area contributed by atoms with Crippen LogP contribution in [-0.4, -0.2) is 16.1 Å². The summed E-state index contributed by atoms with van der Waals surface area (Å²) in [5.41, 5.74) is 0.555. The summed E-state index contributed by atoms with van der Waals surface area (Å²) in [5.74, 6) is 0.517. The van der Waals surface area contributed by atoms with Gasteiger partial charge in [-0.25, -0.2) is 4.39 Å². The molecule has 0 aliphatic rings. The first-order chi connectivity index (χ1) is 11.3. The van der Waals surface area contributed by atoms with Crippen LogP contribution in [0.1, 0.15) is 50.9 Å². The Balaban J connectivity index is 1.74. The Morgan fingerprint density at radius 2 is 2.12 bits per heavy atom. The summed E-state index contributed by atoms with van der Waals surface area (Å²) >= 11 is 3.24. The van der Waals surface area contributed by atoms with E-state index in [1.165, 1.54) is 12.1 Å². The first kappa shape index (κ1) is 18.6. The maximum Gasteiger partial charge on any atom is 0.306 e. The number of rotatable bonds is 6. The highest BCUT2D eigenvalue weighted by atomic mass is 79.9. The molecule has 1 aromatic heterocycles. The van der Waals surface area contributed by atoms with E-state index in [9.17, 15) is 9.18 Å². The molecule has 0 radical (unpaired) electrons. The quantitative estimate of drug-likeness (QED) is 0.677. The zero-order valence-corrected chi connectivity index (χ0v) is 15.5. The Morgan fingerprint density at radius 1 is 1.38 bits per heavy atom. The summed E-state index contributed by atoms with van der Waals surface area (Å²) in [6, 6.07) is 4.25. The minimum Gasteiger partial charge on any atom is -0.461 e. The SMILES string of the molecule is CC(C)(C)c1noc(CCCC(=O)OCc2ccc(F)cc2Br)n1. The van der Waals surface area contributed by atoms with Crippen LogP contribution in [0, 0.1) is 5.82 Å². The fraction of sp³-hybridized carbons (Fsp3) is 0.471. The third-order valence-electron chi connectivity index (χ3n) is 3.31. The predicted octanol–water partition coefficient (Wildman–Crippen LogP) is 4.33. The van der Waals surface area contributed by atoms with Gasteiger partial charge in [0.25, 0.3) is 0 Å². The summed E-state index contributed by atoms with van der Waals surface area (Å²) in [7, 11) is 0. The molecule has 0 saturated heterocycles. The van der Waals surface area contributed by atoms with Crippen molar-refractivity contribution in [3.8, 4) is 0 Å². The normalized spacial score (nSPS) is 11.5. The average molecular weight is 399 g/mol. The Labute approximate surface area is 148 Å². The Kier molecular flexibility index (Phi) is 6.10. The average Bonchev–Trinajstić information content (AvgIpc) is 2.95. The van der Waals surface area contributed by atoms with Crippen LogP contribution in [0.4, 0.5) is 4.39 Å². The summed E-state index contributed by atoms with van der Waals surface area (Å²) < 4.78 is 23.9. The van der Waals surface area contributed by atoms with Crippen LogP contribution in [0.5, 0.6) is 0 Å². The largest absolute Gasteiger partial charge is 0.461 e. The van der Waals surface area contributed by atoms with Gasteiger partial charge < -0.3 is 9.26 Å². The van der Waals surface area contributed by atoms with E-state index in [0.29, 0.717) is 29.0 Å². The van der Waals surface area contributed by atoms with Crippen LogP contribution in [-0.2, 0) is 28.0 Å². The number of aromatic nitrogens is 2. The second-order valence-corrected chi connectivity index (χ2v) is 7.37. The third-order valence-corrected chi connectivity index (χ3v) is 4.05. The number of ether oxygens (including phenoxy) is 1. The second kappa shape index (κ2) is 7.88. The first-order valence-corrected chi connectivity index (χ1v) is 8.47. The smallest absolute Gasteiger partial charge is 0.306 e. The van der Waals surface area contributed by atoms with Crippen LogP contribution in [0.25, 0.3) is 0 Å². The maximum atomic E-state index is 13.0. The van der Waals surface area contributed by atoms with Gasteiger partial charge in [0, 0.05) is 28.3 Å². The third kappa shape index (κ3) is 5.40. The number of carbonyl (C=O) groups excluding carboxylic acids is 1. The summed E-state index contributed by atoms with van der Waals surface area (Å²) in [6.07, 6.45) is 1.35. The van der Waals surface area contributed by atoms with Gasteiger partial charge in [-0.1, -0.05) is 47.9 Å². The topological polar surface area (TPSA) is 65.2 Å². The van der Waals surface area contributed by atoms with Gasteiger partial charge in [-0.2, -0.15) is 4.98 Å². The van der Waals surface area contributed by atoms with Gasteiger partial charge in [0.1, 0.15) is 12.4 Å². The molecule has 0 amide bonds. The molecule has 0 aliphatic heterocycles. The predicted molar refractivity (Wildman–Crippen MR) is 89.8 cm³/mol. The molecular weight excluding hydrogens is 379 g/mol. The number of nitrogens with zero attached hydrogens (tertiary/aromatic N) is 2. The van der Waals surface area contributed by atoms with E-state index in [-0.39, 0.29) is 30.2 Å². The van der Waals surface area contributed by atoms with Crippen molar-refractivity contribution in [2.24, 2.45) is 0 Å². The Morgan fingerprint density at radius 3 is 2.75 bits per heavy atom. The van der Waals surface area contributed by atoms with Gasteiger partial charge >= 0.3 is 5.97 Å². The molecule has 0 spiro atoms. The molecular formula is C17H20BrFN2O3. The molecule has 5 nitrogen and oxygen atoms in total. The molecule has 24 heavy (non-hydrogen) atoms. The standard InChI is InChI=1S/C17H20BrFN2O3/c1-17(2,3)16-20-14(24-21-16)5-4-6-15(22)23-10-11-7-8-12(19)9-13(11)18/h7-9H,4-6,10H2,1-3H3. The number of benzene rings is 1. The van der Waals surface area contributed by atoms with Crippen LogP contribution in [0.3, 0.4) is 0 Å². The molecule has 2 rings (SSSR count). The van der Waals surface area contributed by atoms with E-state index in [2.05, 4.69) is 26.1 Å². The fourth-order valence-corrected chi connectivity index (χ4v) is 2.38. The second-order valence-electron chi connectivity index (χ2n) is 6.51. The highest BCUT2D eigenvalue weighted by molar-refractivity contribution is 9.10. The van der Waals surface area contributed by atoms with E-state index < -0.39 is 0 Å². The van der Waals surface area contributed by atoms with Gasteiger partial charge in [0.15, 0.2) is 5.82 Å². The minimum atomic E-state index is -0.342. The van der Waals surface area contributed by atoms with Crippen LogP contribution in [0.15, 0.2) is 27.2 Å². The monoisotopic (exact) mass is 398 g/mol. The molecule has 0 unspecified atom stereocenters. The van der Waals surface area contributed by atoms with Gasteiger partial charge in [0.2, 0.25) is 5.89 Å². The lowest BCUT2D eigenvalue weighted by Gasteiger charge is -2.10. The summed E-state index contributed by atoms with van der Waals surface area (Å²) in [5, 5.41) is 3.94. The molecule has 7 heteroatoms. The van der Waals surface area contributed by atoms with Crippen molar-refractivity contribution in [3.63, 3.8) is 0 Å². The maximum absolute atomic E-state index is 13.0. The number of halogens is 2. The molecule has 1 aromatic carbocycles. The minimum absolute atomic E-state index is 0.106. The van der Waals surface area contributed by atoms with Gasteiger partial charge in [-0.15, -0.1) is 0 Å². The molecule has 0 aliphatic carbocycles. The zero-order chi connectivity index (χ0) is 17.7. The van der Waals surface area contributed by atoms with Crippen molar-refractivity contribution in [3.05, 3.63) is 45.8 Å². The molecule has 0 fully saturated rings. The van der Waals surface area contributed by atoms with Crippen molar-refractivity contribution < 1.29 is 18.4 Å². The van der Waals surface area contributed by atoms with E-state index in [1.807, 2.05) is 20.8 Å². The molecule has 2 aromatic rings. The van der Waals surface area contributed by atoms with Crippen LogP contribution < -0.4 is 0 Å². The van der Waals surface area contributed by atoms with Crippen LogP contribution in [0.2, 0.25) is 0 Å². The van der Waals surface area contributed by atoms with Gasteiger partial charge in [-0.3, -0.25) is 4.79 Å². The zero-order valence-electron chi connectivity index (χ0n) is 13.9. The van der Waals surface area contributed by atoms with E-state index in [0.717, 1.165) is 5.56 Å². The molecule has 0 saturated carbocycles. The Hall–Kier alpha value is -1.76. The Bertz CT molecular complexity index is 710. The first-order valence-electron chi connectivity index (χ1n) is 7.68. The summed E-state index contributed by atoms with van der Waals surface area (Å²) in [4.78, 5) is 16.1. The summed E-state index contributed by atoms with van der Waals surface area (Å²) in [6.45, 7) is 6.13. The van der Waals surface area contributed by atoms with Crippen molar-refractivity contribution in [2.75, 3.05) is 0 Å². The number of aryl methyl sites for hydroxylation is 1. The van der Waals surface area contributed by atoms with Crippen molar-refractivity contribution in [1.82, 2.24) is 10.1 Å². The molecule has 130 valence electrons. The van der Waals surface area contributed by atoms with E-state index >= 15 is 0 Å². The van der Waals surface area contributed by atoms with Crippen LogP contribution >= 0.6 is 15.9 Å². The number of carbonyl (C=O) groups is 1. The number of esters is 1. The molecule has 1 heterocycles. The van der Waals surface area contributed by atoms with E-state index in [1.54, 1.807) is 6.07 Å². The lowest BCUT2D eigenvalue weighted by Crippen LogP contribution is -2.13. The van der Waals surface area contributed by atoms with Gasteiger partial charge in [-0.05, 0) is 18.6 Å². The highest BCUT2D eigenvalue weighted by Gasteiger charge is 2.20. The number of hydrogen-bond donors (Lipinski definition) is 0. The van der Waals surface area contributed by atoms with Crippen molar-refractivity contribution in [1.29, 1.82) is 0 Å². The molecule has 0 atom stereocenters. The van der Waals surface area contributed by atoms with Crippen molar-refractivity contribution in [2.45, 2.75) is 52.1 Å². The molecule has 0 N–H and O–H groups in total. The lowest BCUT2D eigenvalue weighted by atomic mass is 9.96. The fourth-order valence-electron chi connectivity index (χ4n) is 1.91. The lowest BCUT2D eigenvalue weighted by molar-refractivity contribution is -0.145. The highest BCUT2D eigenvalue weighted by Crippen LogP contribution is 2.20. The van der Waals surface area contributed by atoms with E-state index in [4.69, 9.17) is 9.26 Å². The van der Waals surface area contributed by atoms with Gasteiger partial charge in [0.05, 0.1) is 0 Å². The number of hydrogen-bond acceptors (Lipinski definition) is 5. The van der Waals surface area contributed by atoms with Crippen molar-refractivity contribution >= 4 is 21.9 Å².